The van der Waals surface area contributed by atoms with E-state index in [2.05, 4.69) is 86.9 Å². The van der Waals surface area contributed by atoms with E-state index in [1.807, 2.05) is 128 Å². The molecule has 0 radical (unpaired) electrons. The summed E-state index contributed by atoms with van der Waals surface area (Å²) in [6.07, 6.45) is 8.79. The van der Waals surface area contributed by atoms with Crippen molar-refractivity contribution in [3.05, 3.63) is 303 Å². The van der Waals surface area contributed by atoms with Gasteiger partial charge in [-0.05, 0) is 187 Å². The van der Waals surface area contributed by atoms with Gasteiger partial charge in [0.15, 0.2) is 0 Å². The molecule has 6 amide bonds. The molecule has 122 heavy (non-hydrogen) atoms. The van der Waals surface area contributed by atoms with E-state index in [1.165, 1.54) is 42.0 Å². The number of hydrogen-bond donors (Lipinski definition) is 0. The Kier molecular flexibility index (Phi) is 32.4. The van der Waals surface area contributed by atoms with E-state index in [0.717, 1.165) is 68.5 Å². The zero-order valence-corrected chi connectivity index (χ0v) is 69.1. The number of amides is 6. The van der Waals surface area contributed by atoms with E-state index in [9.17, 15) is 39.3 Å². The molecule has 9 aromatic rings. The smallest absolute Gasteiger partial charge is 0.246 e. The molecule has 7 heterocycles. The second kappa shape index (κ2) is 44.2. The average molecular weight is 1660 g/mol. The van der Waals surface area contributed by atoms with Crippen LogP contribution in [-0.4, -0.2) is 204 Å². The van der Waals surface area contributed by atoms with Crippen LogP contribution in [0, 0.1) is 40.9 Å². The maximum absolute atomic E-state index is 11.5. The molecule has 0 saturated carbocycles. The van der Waals surface area contributed by atoms with Crippen molar-refractivity contribution < 1.29 is 66.7 Å². The lowest BCUT2D eigenvalue weighted by molar-refractivity contribution is -0.135. The first-order valence-corrected chi connectivity index (χ1v) is 39.6. The van der Waals surface area contributed by atoms with Crippen molar-refractivity contribution in [3.8, 4) is 97.7 Å². The van der Waals surface area contributed by atoms with Gasteiger partial charge in [-0.25, -0.2) is 0 Å². The number of nitriles is 3. The molecular formula is C96H94ClN11O14. The van der Waals surface area contributed by atoms with E-state index < -0.39 is 0 Å². The Labute approximate surface area is 715 Å². The number of benzene rings is 8. The third-order valence-corrected chi connectivity index (χ3v) is 20.1. The van der Waals surface area contributed by atoms with Gasteiger partial charge in [-0.15, -0.1) is 5.10 Å². The molecule has 0 atom stereocenters. The summed E-state index contributed by atoms with van der Waals surface area (Å²) in [5.41, 5.74) is 9.63. The van der Waals surface area contributed by atoms with Gasteiger partial charge >= 0.3 is 0 Å². The van der Waals surface area contributed by atoms with Crippen LogP contribution in [0.2, 0.25) is 5.02 Å². The summed E-state index contributed by atoms with van der Waals surface area (Å²) in [6.45, 7) is 31.6. The van der Waals surface area contributed by atoms with Crippen LogP contribution >= 0.6 is 11.6 Å². The highest BCUT2D eigenvalue weighted by molar-refractivity contribution is 6.30. The van der Waals surface area contributed by atoms with Gasteiger partial charge < -0.3 is 67.3 Å². The average Bonchev–Trinajstić information content (AvgIpc) is 0.797. The first-order chi connectivity index (χ1) is 59.1. The second-order valence-electron chi connectivity index (χ2n) is 28.4. The SMILES string of the molecule is C=CC(=O)N1CC(Oc2cc(C#N)cc(-c3ccccc3CC)c2)C1.C=CC(=O)N1CC(Oc2cc(C#N)cc(-c3ccccc3OC)c2)C1.C=CC(=O)N1CC(Oc2ccc(C)nn2)C1.C=CC(=O)N1CC(Oc2ccc(Cl)cc2)C1.C=CC(=O)N1CC(Oc2cccc(-c3ccccc3OC)c2)C1.C=CC(=O)N1CC(Oc2cccc(C#N)c2)C1. The van der Waals surface area contributed by atoms with Gasteiger partial charge in [-0.3, -0.25) is 28.8 Å². The predicted molar refractivity (Wildman–Crippen MR) is 464 cm³/mol. The number of methoxy groups -OCH3 is 2. The second-order valence-corrected chi connectivity index (χ2v) is 28.8. The summed E-state index contributed by atoms with van der Waals surface area (Å²) in [4.78, 5) is 78.0. The molecule has 0 spiro atoms. The summed E-state index contributed by atoms with van der Waals surface area (Å²) in [6, 6.07) is 66.8. The van der Waals surface area contributed by atoms with Crippen molar-refractivity contribution in [1.82, 2.24) is 39.6 Å². The third kappa shape index (κ3) is 24.9. The number of aromatic nitrogens is 2. The third-order valence-electron chi connectivity index (χ3n) is 19.8. The Morgan fingerprint density at radius 2 is 0.705 bits per heavy atom. The number of halogens is 1. The Bertz CT molecular complexity index is 5150. The van der Waals surface area contributed by atoms with Crippen molar-refractivity contribution >= 4 is 47.0 Å². The standard InChI is InChI=1S/C21H20N2O2.C20H18N2O3.C19H19NO3.C13H12N2O2.C12H12ClNO2.C11H13N3O2/c1-3-16-7-5-6-8-20(16)17-9-15(12-22)10-18(11-17)25-19-13-23(14-19)21(24)4-2;1-3-20(23)22-12-17(13-22)25-16-9-14(11-21)8-15(10-16)18-6-4-5-7-19(18)24-2;1-3-19(21)20-12-16(13-20)23-15-8-6-7-14(11-15)17-9-4-5-10-18(17)22-2;1-2-13(16)15-8-12(9-15)17-11-5-3-4-10(6-11)7-14;1-2-12(15)14-7-11(8-14)16-10-5-3-9(13)4-6-10;1-3-11(15)14-6-9(7-14)16-10-5-4-8(2)12-13-10/h4-11,19H,2-3,13-14H2,1H3;3-10,17H,1,12-13H2,2H3;3-11,16H,1,12-13H2,2H3;2-6,12H,1,8-9H2;2-6,11H,1,7-8H2;3-5,9H,1,6-7H2,2H3. The van der Waals surface area contributed by atoms with Crippen molar-refractivity contribution in [1.29, 1.82) is 15.8 Å². The molecular weight excluding hydrogens is 1570 g/mol. The molecule has 25 nitrogen and oxygen atoms in total. The van der Waals surface area contributed by atoms with Gasteiger partial charge in [0, 0.05) is 22.2 Å². The molecule has 6 aliphatic rings. The topological polar surface area (TPSA) is 293 Å². The molecule has 0 aliphatic carbocycles. The number of rotatable bonds is 24. The highest BCUT2D eigenvalue weighted by Crippen LogP contribution is 2.37. The van der Waals surface area contributed by atoms with E-state index in [-0.39, 0.29) is 72.1 Å². The lowest BCUT2D eigenvalue weighted by Crippen LogP contribution is -2.55. The Morgan fingerprint density at radius 3 is 1.09 bits per heavy atom. The van der Waals surface area contributed by atoms with E-state index >= 15 is 0 Å². The normalized spacial score (nSPS) is 14.3. The molecule has 6 saturated heterocycles. The van der Waals surface area contributed by atoms with E-state index in [4.69, 9.17) is 54.8 Å². The zero-order valence-electron chi connectivity index (χ0n) is 68.4. The Morgan fingerprint density at radius 1 is 0.369 bits per heavy atom. The van der Waals surface area contributed by atoms with Crippen LogP contribution in [0.25, 0.3) is 33.4 Å². The molecule has 6 aliphatic heterocycles. The number of carbonyl (C=O) groups is 6. The highest BCUT2D eigenvalue weighted by Gasteiger charge is 2.36. The van der Waals surface area contributed by atoms with Crippen LogP contribution in [-0.2, 0) is 35.2 Å². The van der Waals surface area contributed by atoms with Crippen LogP contribution in [0.4, 0.5) is 0 Å². The van der Waals surface area contributed by atoms with Crippen molar-refractivity contribution in [3.63, 3.8) is 0 Å². The Hall–Kier alpha value is -14.7. The van der Waals surface area contributed by atoms with Gasteiger partial charge in [-0.1, -0.05) is 137 Å². The van der Waals surface area contributed by atoms with Gasteiger partial charge in [-0.2, -0.15) is 20.9 Å². The fourth-order valence-electron chi connectivity index (χ4n) is 13.1. The molecule has 0 N–H and O–H groups in total. The number of aryl methyl sites for hydroxylation is 2. The number of hydrogen-bond acceptors (Lipinski definition) is 19. The number of para-hydroxylation sites is 2. The maximum atomic E-state index is 11.5. The predicted octanol–water partition coefficient (Wildman–Crippen LogP) is 13.7. The first-order valence-electron chi connectivity index (χ1n) is 39.2. The quantitative estimate of drug-likeness (QED) is 0.0508. The molecule has 26 heteroatoms. The van der Waals surface area contributed by atoms with Gasteiger partial charge in [0.2, 0.25) is 41.3 Å². The van der Waals surface area contributed by atoms with Gasteiger partial charge in [0.1, 0.15) is 76.9 Å². The molecule has 1 aromatic heterocycles. The van der Waals surface area contributed by atoms with Crippen LogP contribution in [0.3, 0.4) is 0 Å². The fraction of sp³-hybridized carbons (Fsp3) is 0.240. The summed E-state index contributed by atoms with van der Waals surface area (Å²) in [5, 5.41) is 35.9. The number of nitrogens with zero attached hydrogens (tertiary/aromatic N) is 11. The molecule has 0 bridgehead atoms. The summed E-state index contributed by atoms with van der Waals surface area (Å²) in [5.74, 6) is 5.17. The molecule has 0 unspecified atom stereocenters. The molecule has 6 fully saturated rings. The lowest BCUT2D eigenvalue weighted by atomic mass is 9.96. The fourth-order valence-corrected chi connectivity index (χ4v) is 13.2. The van der Waals surface area contributed by atoms with Crippen LogP contribution in [0.15, 0.2) is 270 Å². The highest BCUT2D eigenvalue weighted by atomic mass is 35.5. The van der Waals surface area contributed by atoms with E-state index in [0.29, 0.717) is 123 Å². The first kappa shape index (κ1) is 89.6. The minimum atomic E-state index is -0.0969. The van der Waals surface area contributed by atoms with Gasteiger partial charge in [0.25, 0.3) is 0 Å². The van der Waals surface area contributed by atoms with Crippen molar-refractivity contribution in [2.24, 2.45) is 0 Å². The molecule has 624 valence electrons. The monoisotopic (exact) mass is 1660 g/mol. The minimum Gasteiger partial charge on any atom is -0.496 e. The van der Waals surface area contributed by atoms with Crippen LogP contribution in [0.1, 0.15) is 34.9 Å². The molecule has 8 aromatic carbocycles. The van der Waals surface area contributed by atoms with E-state index in [1.54, 1.807) is 104 Å². The van der Waals surface area contributed by atoms with Crippen molar-refractivity contribution in [2.75, 3.05) is 92.8 Å². The number of ether oxygens (including phenoxy) is 8. The maximum Gasteiger partial charge on any atom is 0.246 e. The summed E-state index contributed by atoms with van der Waals surface area (Å²) in [7, 11) is 3.28. The van der Waals surface area contributed by atoms with Gasteiger partial charge in [0.05, 0.1) is 133 Å². The summed E-state index contributed by atoms with van der Waals surface area (Å²) < 4.78 is 45.5. The minimum absolute atomic E-state index is 0.00726. The molecule has 15 rings (SSSR count). The summed E-state index contributed by atoms with van der Waals surface area (Å²) >= 11 is 5.76. The van der Waals surface area contributed by atoms with Crippen molar-refractivity contribution in [2.45, 2.75) is 56.9 Å². The van der Waals surface area contributed by atoms with Crippen LogP contribution in [0.5, 0.6) is 46.1 Å². The number of likely N-dealkylation sites (tertiary alicyclic amines) is 6. The number of carbonyl (C=O) groups excluding carboxylic acids is 6. The van der Waals surface area contributed by atoms with Crippen LogP contribution < -0.4 is 37.9 Å². The largest absolute Gasteiger partial charge is 0.496 e. The Balaban J connectivity index is 0.000000155. The lowest BCUT2D eigenvalue weighted by Gasteiger charge is -2.38. The zero-order chi connectivity index (χ0) is 87.2.